The molecule has 0 N–H and O–H groups in total. The molecule has 0 aliphatic carbocycles. The number of carbonyl (C=O) groups excluding carboxylic acids is 3. The molecule has 1 aliphatic heterocycles. The van der Waals surface area contributed by atoms with Gasteiger partial charge in [-0.1, -0.05) is 49.7 Å². The maximum absolute atomic E-state index is 13.8. The summed E-state index contributed by atoms with van der Waals surface area (Å²) in [7, 11) is 0. The molecule has 1 heterocycles. The van der Waals surface area contributed by atoms with Crippen LogP contribution in [0.15, 0.2) is 77.7 Å². The summed E-state index contributed by atoms with van der Waals surface area (Å²) in [5.41, 5.74) is 0.183. The van der Waals surface area contributed by atoms with Gasteiger partial charge in [-0.3, -0.25) is 4.79 Å². The van der Waals surface area contributed by atoms with Gasteiger partial charge >= 0.3 is 12.1 Å². The Morgan fingerprint density at radius 2 is 1.67 bits per heavy atom. The molecule has 1 saturated heterocycles. The number of carbonyl (C=O) groups is 3. The lowest BCUT2D eigenvalue weighted by Crippen LogP contribution is -2.40. The second-order valence-electron chi connectivity index (χ2n) is 11.2. The first kappa shape index (κ1) is 31.4. The van der Waals surface area contributed by atoms with Gasteiger partial charge in [0.25, 0.3) is 0 Å². The monoisotopic (exact) mass is 609 g/mol. The fraction of sp³-hybridized carbons (Fsp3) is 0.364. The lowest BCUT2D eigenvalue weighted by Gasteiger charge is -2.26. The first-order valence-corrected chi connectivity index (χ1v) is 15.4. The SMILES string of the molecule is CSc1ccc(C(=O)[C@H]2CN(C(=O)Oc3ccc(Cl)cc3)C[C@@H]2c2cccc(OC(C)(C)C(=O)OCC(C)C)c2)cc1. The van der Waals surface area contributed by atoms with Crippen molar-refractivity contribution in [3.8, 4) is 11.5 Å². The summed E-state index contributed by atoms with van der Waals surface area (Å²) in [4.78, 5) is 42.3. The number of likely N-dealkylation sites (tertiary alicyclic amines) is 1. The first-order chi connectivity index (χ1) is 20.0. The van der Waals surface area contributed by atoms with E-state index in [-0.39, 0.29) is 30.7 Å². The van der Waals surface area contributed by atoms with Gasteiger partial charge in [-0.25, -0.2) is 9.59 Å². The number of ketones is 1. The Morgan fingerprint density at radius 3 is 2.31 bits per heavy atom. The number of rotatable bonds is 10. The number of halogens is 1. The van der Waals surface area contributed by atoms with Crippen LogP contribution in [0.25, 0.3) is 0 Å². The normalized spacial score (nSPS) is 16.8. The van der Waals surface area contributed by atoms with Crippen LogP contribution in [0, 0.1) is 11.8 Å². The zero-order chi connectivity index (χ0) is 30.4. The fourth-order valence-electron chi connectivity index (χ4n) is 4.75. The Morgan fingerprint density at radius 1 is 0.976 bits per heavy atom. The molecule has 9 heteroatoms. The minimum absolute atomic E-state index is 0.0571. The number of hydrogen-bond donors (Lipinski definition) is 0. The molecule has 3 aromatic carbocycles. The summed E-state index contributed by atoms with van der Waals surface area (Å²) < 4.78 is 17.1. The predicted molar refractivity (Wildman–Crippen MR) is 165 cm³/mol. The highest BCUT2D eigenvalue weighted by Crippen LogP contribution is 2.37. The quantitative estimate of drug-likeness (QED) is 0.134. The first-order valence-electron chi connectivity index (χ1n) is 13.8. The standard InChI is InChI=1S/C33H36ClNO6S/c1-21(2)20-39-31(37)33(3,4)41-26-8-6-7-23(17-26)28-18-35(32(38)40-25-13-11-24(34)12-14-25)19-29(28)30(36)22-9-15-27(42-5)16-10-22/h6-17,21,28-29H,18-20H2,1-5H3/t28-,29+/m1/s1. The van der Waals surface area contributed by atoms with Crippen molar-refractivity contribution in [1.29, 1.82) is 0 Å². The van der Waals surface area contributed by atoms with E-state index in [1.165, 1.54) is 0 Å². The van der Waals surface area contributed by atoms with E-state index in [4.69, 9.17) is 25.8 Å². The maximum Gasteiger partial charge on any atom is 0.415 e. The molecule has 0 aromatic heterocycles. The number of thioether (sulfide) groups is 1. The second-order valence-corrected chi connectivity index (χ2v) is 12.5. The molecule has 7 nitrogen and oxygen atoms in total. The van der Waals surface area contributed by atoms with Gasteiger partial charge in [0.1, 0.15) is 11.5 Å². The molecule has 222 valence electrons. The van der Waals surface area contributed by atoms with Crippen LogP contribution >= 0.6 is 23.4 Å². The number of nitrogens with zero attached hydrogens (tertiary/aromatic N) is 1. The summed E-state index contributed by atoms with van der Waals surface area (Å²) in [5.74, 6) is -0.311. The molecule has 3 aromatic rings. The second kappa shape index (κ2) is 13.7. The predicted octanol–water partition coefficient (Wildman–Crippen LogP) is 7.52. The van der Waals surface area contributed by atoms with Crippen molar-refractivity contribution in [3.63, 3.8) is 0 Å². The van der Waals surface area contributed by atoms with E-state index in [0.29, 0.717) is 28.7 Å². The molecule has 0 radical (unpaired) electrons. The van der Waals surface area contributed by atoms with Crippen LogP contribution < -0.4 is 9.47 Å². The van der Waals surface area contributed by atoms with E-state index in [1.807, 2.05) is 62.6 Å². The van der Waals surface area contributed by atoms with Gasteiger partial charge in [-0.2, -0.15) is 0 Å². The summed E-state index contributed by atoms with van der Waals surface area (Å²) >= 11 is 7.57. The van der Waals surface area contributed by atoms with Gasteiger partial charge in [-0.15, -0.1) is 11.8 Å². The van der Waals surface area contributed by atoms with Crippen LogP contribution in [0.3, 0.4) is 0 Å². The Labute approximate surface area is 256 Å². The topological polar surface area (TPSA) is 82.1 Å². The molecule has 42 heavy (non-hydrogen) atoms. The zero-order valence-corrected chi connectivity index (χ0v) is 26.0. The molecule has 1 fully saturated rings. The molecule has 1 aliphatic rings. The molecule has 2 atom stereocenters. The van der Waals surface area contributed by atoms with Crippen molar-refractivity contribution in [1.82, 2.24) is 4.90 Å². The van der Waals surface area contributed by atoms with Gasteiger partial charge in [-0.05, 0) is 80.1 Å². The summed E-state index contributed by atoms with van der Waals surface area (Å²) in [6, 6.07) is 21.4. The van der Waals surface area contributed by atoms with E-state index in [1.54, 1.807) is 60.8 Å². The maximum atomic E-state index is 13.8. The highest BCUT2D eigenvalue weighted by atomic mass is 35.5. The van der Waals surface area contributed by atoms with E-state index >= 15 is 0 Å². The third kappa shape index (κ3) is 7.86. The summed E-state index contributed by atoms with van der Waals surface area (Å²) in [6.45, 7) is 8.03. The minimum atomic E-state index is -1.22. The zero-order valence-electron chi connectivity index (χ0n) is 24.5. The van der Waals surface area contributed by atoms with Crippen molar-refractivity contribution in [3.05, 3.63) is 88.9 Å². The van der Waals surface area contributed by atoms with Gasteiger partial charge < -0.3 is 19.1 Å². The van der Waals surface area contributed by atoms with Crippen molar-refractivity contribution >= 4 is 41.2 Å². The number of ether oxygens (including phenoxy) is 3. The van der Waals surface area contributed by atoms with Crippen LogP contribution in [-0.2, 0) is 9.53 Å². The largest absolute Gasteiger partial charge is 0.476 e. The lowest BCUT2D eigenvalue weighted by molar-refractivity contribution is -0.160. The van der Waals surface area contributed by atoms with E-state index in [0.717, 1.165) is 10.5 Å². The highest BCUT2D eigenvalue weighted by Gasteiger charge is 2.42. The van der Waals surface area contributed by atoms with Crippen LogP contribution in [0.2, 0.25) is 5.02 Å². The molecule has 1 amide bonds. The molecule has 0 saturated carbocycles. The smallest absolute Gasteiger partial charge is 0.415 e. The number of amides is 1. The van der Waals surface area contributed by atoms with E-state index in [2.05, 4.69) is 0 Å². The summed E-state index contributed by atoms with van der Waals surface area (Å²) in [6.07, 6.45) is 1.44. The van der Waals surface area contributed by atoms with Crippen LogP contribution in [0.4, 0.5) is 4.79 Å². The van der Waals surface area contributed by atoms with Crippen molar-refractivity contribution in [2.75, 3.05) is 26.0 Å². The number of Topliss-reactive ketones (excluding diaryl/α,β-unsaturated/α-hetero) is 1. The lowest BCUT2D eigenvalue weighted by atomic mass is 9.84. The molecular formula is C33H36ClNO6S. The van der Waals surface area contributed by atoms with E-state index in [9.17, 15) is 14.4 Å². The average Bonchev–Trinajstić information content (AvgIpc) is 3.42. The number of benzene rings is 3. The van der Waals surface area contributed by atoms with Crippen LogP contribution in [0.1, 0.15) is 49.5 Å². The van der Waals surface area contributed by atoms with E-state index < -0.39 is 23.6 Å². The third-order valence-corrected chi connectivity index (χ3v) is 8.00. The van der Waals surface area contributed by atoms with Gasteiger partial charge in [0.2, 0.25) is 0 Å². The molecule has 0 bridgehead atoms. The third-order valence-electron chi connectivity index (χ3n) is 7.01. The van der Waals surface area contributed by atoms with Gasteiger partial charge in [0.05, 0.1) is 6.61 Å². The number of esters is 1. The highest BCUT2D eigenvalue weighted by molar-refractivity contribution is 7.98. The Bertz CT molecular complexity index is 1410. The minimum Gasteiger partial charge on any atom is -0.476 e. The van der Waals surface area contributed by atoms with Gasteiger partial charge in [0, 0.05) is 40.4 Å². The van der Waals surface area contributed by atoms with Crippen molar-refractivity contribution < 1.29 is 28.6 Å². The number of hydrogen-bond acceptors (Lipinski definition) is 7. The van der Waals surface area contributed by atoms with Gasteiger partial charge in [0.15, 0.2) is 11.4 Å². The fourth-order valence-corrected chi connectivity index (χ4v) is 5.29. The van der Waals surface area contributed by atoms with Crippen molar-refractivity contribution in [2.45, 2.75) is 44.1 Å². The summed E-state index contributed by atoms with van der Waals surface area (Å²) in [5, 5.41) is 0.535. The Balaban J connectivity index is 1.59. The van der Waals surface area contributed by atoms with Crippen LogP contribution in [0.5, 0.6) is 11.5 Å². The molecule has 0 unspecified atom stereocenters. The average molecular weight is 610 g/mol. The Hall–Kier alpha value is -3.49. The molecule has 0 spiro atoms. The Kier molecular flexibility index (Phi) is 10.2. The van der Waals surface area contributed by atoms with Crippen molar-refractivity contribution in [2.24, 2.45) is 11.8 Å². The molecular weight excluding hydrogens is 574 g/mol. The molecule has 4 rings (SSSR count). The van der Waals surface area contributed by atoms with Crippen LogP contribution in [-0.4, -0.2) is 54.3 Å².